The Kier molecular flexibility index (Phi) is 4.45. The van der Waals surface area contributed by atoms with Crippen molar-refractivity contribution in [1.82, 2.24) is 9.97 Å². The predicted molar refractivity (Wildman–Crippen MR) is 126 cm³/mol. The molecule has 2 aliphatic rings. The molecule has 1 saturated carbocycles. The normalized spacial score (nSPS) is 25.6. The van der Waals surface area contributed by atoms with Crippen LogP contribution in [-0.2, 0) is 15.6 Å². The first-order valence-corrected chi connectivity index (χ1v) is 11.5. The predicted octanol–water partition coefficient (Wildman–Crippen LogP) is 6.32. The van der Waals surface area contributed by atoms with Gasteiger partial charge >= 0.3 is 0 Å². The van der Waals surface area contributed by atoms with Gasteiger partial charge in [-0.25, -0.2) is 9.97 Å². The van der Waals surface area contributed by atoms with Crippen molar-refractivity contribution >= 4 is 45.8 Å². The summed E-state index contributed by atoms with van der Waals surface area (Å²) in [7, 11) is 0. The van der Waals surface area contributed by atoms with Gasteiger partial charge in [0.05, 0.1) is 37.9 Å². The molecule has 4 nitrogen and oxygen atoms in total. The first-order chi connectivity index (χ1) is 14.7. The van der Waals surface area contributed by atoms with Gasteiger partial charge in [0.15, 0.2) is 0 Å². The second kappa shape index (κ2) is 6.66. The number of rotatable bonds is 3. The summed E-state index contributed by atoms with van der Waals surface area (Å²) in [5.74, 6) is 0.0994. The standard InChI is InChI=1S/C25H25Cl2N3O/c1-5-30(15-9-7-6-8-10-15)22(31)25-12-11-24(4,23(25,2)3)20-21(25)29-19-14-17(27)16(26)13-18(19)28-20/h6-10,13-14H,5,11-12H2,1-4H3. The quantitative estimate of drug-likeness (QED) is 0.465. The third kappa shape index (κ3) is 2.46. The van der Waals surface area contributed by atoms with Crippen LogP contribution in [0.5, 0.6) is 0 Å². The maximum absolute atomic E-state index is 14.3. The van der Waals surface area contributed by atoms with E-state index in [4.69, 9.17) is 33.2 Å². The summed E-state index contributed by atoms with van der Waals surface area (Å²) in [5.41, 5.74) is 2.70. The van der Waals surface area contributed by atoms with Gasteiger partial charge in [0.2, 0.25) is 5.91 Å². The van der Waals surface area contributed by atoms with Crippen molar-refractivity contribution in [1.29, 1.82) is 0 Å². The minimum absolute atomic E-state index is 0.0994. The van der Waals surface area contributed by atoms with Crippen molar-refractivity contribution < 1.29 is 4.79 Å². The van der Waals surface area contributed by atoms with Crippen molar-refractivity contribution in [3.8, 4) is 0 Å². The Labute approximate surface area is 192 Å². The zero-order chi connectivity index (χ0) is 22.2. The Morgan fingerprint density at radius 2 is 1.55 bits per heavy atom. The summed E-state index contributed by atoms with van der Waals surface area (Å²) in [6.45, 7) is 9.24. The highest BCUT2D eigenvalue weighted by Gasteiger charge is 2.73. The second-order valence-electron chi connectivity index (χ2n) is 9.42. The molecule has 0 aliphatic heterocycles. The largest absolute Gasteiger partial charge is 0.312 e. The smallest absolute Gasteiger partial charge is 0.239 e. The van der Waals surface area contributed by atoms with Gasteiger partial charge < -0.3 is 4.90 Å². The van der Waals surface area contributed by atoms with Gasteiger partial charge in [-0.1, -0.05) is 62.2 Å². The number of para-hydroxylation sites is 1. The first-order valence-electron chi connectivity index (χ1n) is 10.7. The van der Waals surface area contributed by atoms with Gasteiger partial charge in [0, 0.05) is 17.6 Å². The van der Waals surface area contributed by atoms with Gasteiger partial charge in [0.25, 0.3) is 0 Å². The highest BCUT2D eigenvalue weighted by atomic mass is 35.5. The van der Waals surface area contributed by atoms with E-state index in [0.717, 1.165) is 35.4 Å². The van der Waals surface area contributed by atoms with Gasteiger partial charge in [-0.3, -0.25) is 4.79 Å². The molecule has 0 radical (unpaired) electrons. The fourth-order valence-electron chi connectivity index (χ4n) is 5.85. The van der Waals surface area contributed by atoms with Crippen LogP contribution >= 0.6 is 23.2 Å². The van der Waals surface area contributed by atoms with Crippen LogP contribution in [0.25, 0.3) is 11.0 Å². The lowest BCUT2D eigenvalue weighted by Crippen LogP contribution is -2.53. The van der Waals surface area contributed by atoms with E-state index in [2.05, 4.69) is 20.8 Å². The molecule has 2 aromatic carbocycles. The number of amides is 1. The Bertz CT molecular complexity index is 1230. The molecule has 1 fully saturated rings. The van der Waals surface area contributed by atoms with Crippen molar-refractivity contribution in [2.75, 3.05) is 11.4 Å². The highest BCUT2D eigenvalue weighted by molar-refractivity contribution is 6.42. The fraction of sp³-hybridized carbons (Fsp3) is 0.400. The fourth-order valence-corrected chi connectivity index (χ4v) is 6.17. The summed E-state index contributed by atoms with van der Waals surface area (Å²) in [4.78, 5) is 26.3. The van der Waals surface area contributed by atoms with Crippen molar-refractivity contribution in [2.45, 2.75) is 51.4 Å². The summed E-state index contributed by atoms with van der Waals surface area (Å²) in [6.07, 6.45) is 1.65. The molecule has 2 unspecified atom stereocenters. The second-order valence-corrected chi connectivity index (χ2v) is 10.2. The van der Waals surface area contributed by atoms with E-state index in [1.165, 1.54) is 0 Å². The molecule has 5 rings (SSSR count). The van der Waals surface area contributed by atoms with Crippen molar-refractivity contribution in [3.05, 3.63) is 63.9 Å². The first kappa shape index (κ1) is 20.7. The summed E-state index contributed by atoms with van der Waals surface area (Å²) < 4.78 is 0. The van der Waals surface area contributed by atoms with E-state index in [9.17, 15) is 4.79 Å². The van der Waals surface area contributed by atoms with Crippen LogP contribution in [0.2, 0.25) is 10.0 Å². The lowest BCUT2D eigenvalue weighted by Gasteiger charge is -2.42. The van der Waals surface area contributed by atoms with Crippen LogP contribution in [0.4, 0.5) is 5.69 Å². The molecular weight excluding hydrogens is 429 g/mol. The SMILES string of the molecule is CCN(C(=O)C12CCC(C)(c3nc4cc(Cl)c(Cl)cc4nc31)C2(C)C)c1ccccc1. The molecule has 6 heteroatoms. The van der Waals surface area contributed by atoms with E-state index < -0.39 is 5.41 Å². The molecular formula is C25H25Cl2N3O. The Hall–Kier alpha value is -2.17. The number of hydrogen-bond donors (Lipinski definition) is 0. The van der Waals surface area contributed by atoms with Gasteiger partial charge in [0.1, 0.15) is 0 Å². The molecule has 1 amide bonds. The zero-order valence-corrected chi connectivity index (χ0v) is 19.7. The topological polar surface area (TPSA) is 46.1 Å². The molecule has 31 heavy (non-hydrogen) atoms. The molecule has 2 atom stereocenters. The molecule has 1 aromatic heterocycles. The molecule has 2 aliphatic carbocycles. The molecule has 1 heterocycles. The van der Waals surface area contributed by atoms with Crippen LogP contribution in [0.1, 0.15) is 51.9 Å². The number of likely N-dealkylation sites (N-methyl/N-ethyl adjacent to an activating group) is 1. The number of carbonyl (C=O) groups is 1. The molecule has 0 saturated heterocycles. The Morgan fingerprint density at radius 3 is 2.13 bits per heavy atom. The lowest BCUT2D eigenvalue weighted by molar-refractivity contribution is -0.127. The molecule has 0 N–H and O–H groups in total. The maximum Gasteiger partial charge on any atom is 0.239 e. The number of halogens is 2. The van der Waals surface area contributed by atoms with Crippen LogP contribution in [0.3, 0.4) is 0 Å². The number of fused-ring (bicyclic) bond motifs is 6. The highest BCUT2D eigenvalue weighted by Crippen LogP contribution is 2.70. The average molecular weight is 454 g/mol. The van der Waals surface area contributed by atoms with E-state index in [-0.39, 0.29) is 16.7 Å². The number of hydrogen-bond acceptors (Lipinski definition) is 3. The molecule has 3 aromatic rings. The minimum Gasteiger partial charge on any atom is -0.312 e. The third-order valence-electron chi connectivity index (χ3n) is 8.07. The van der Waals surface area contributed by atoms with Crippen molar-refractivity contribution in [2.24, 2.45) is 5.41 Å². The van der Waals surface area contributed by atoms with Crippen LogP contribution < -0.4 is 4.90 Å². The summed E-state index contributed by atoms with van der Waals surface area (Å²) >= 11 is 12.5. The van der Waals surface area contributed by atoms with E-state index in [1.807, 2.05) is 42.2 Å². The zero-order valence-electron chi connectivity index (χ0n) is 18.2. The number of benzene rings is 2. The molecule has 0 spiro atoms. The van der Waals surface area contributed by atoms with Gasteiger partial charge in [-0.15, -0.1) is 0 Å². The average Bonchev–Trinajstić information content (AvgIpc) is 3.04. The van der Waals surface area contributed by atoms with Crippen LogP contribution in [0, 0.1) is 5.41 Å². The van der Waals surface area contributed by atoms with Gasteiger partial charge in [-0.05, 0) is 49.4 Å². The van der Waals surface area contributed by atoms with Crippen LogP contribution in [0.15, 0.2) is 42.5 Å². The maximum atomic E-state index is 14.3. The van der Waals surface area contributed by atoms with E-state index >= 15 is 0 Å². The van der Waals surface area contributed by atoms with Crippen molar-refractivity contribution in [3.63, 3.8) is 0 Å². The van der Waals surface area contributed by atoms with E-state index in [1.54, 1.807) is 12.1 Å². The van der Waals surface area contributed by atoms with E-state index in [0.29, 0.717) is 22.1 Å². The monoisotopic (exact) mass is 453 g/mol. The lowest BCUT2D eigenvalue weighted by atomic mass is 9.63. The number of carbonyl (C=O) groups excluding carboxylic acids is 1. The molecule has 160 valence electrons. The number of anilines is 1. The Balaban J connectivity index is 1.77. The third-order valence-corrected chi connectivity index (χ3v) is 8.80. The molecule has 2 bridgehead atoms. The van der Waals surface area contributed by atoms with Crippen LogP contribution in [-0.4, -0.2) is 22.4 Å². The summed E-state index contributed by atoms with van der Waals surface area (Å²) in [5, 5.41) is 0.903. The Morgan fingerprint density at radius 1 is 0.968 bits per heavy atom. The minimum atomic E-state index is -0.740. The van der Waals surface area contributed by atoms with Gasteiger partial charge in [-0.2, -0.15) is 0 Å². The number of nitrogens with zero attached hydrogens (tertiary/aromatic N) is 3. The number of aromatic nitrogens is 2. The summed E-state index contributed by atoms with van der Waals surface area (Å²) in [6, 6.07) is 13.4.